The molecular formula is C11H20N2. The van der Waals surface area contributed by atoms with Gasteiger partial charge in [0.25, 0.3) is 0 Å². The number of piperidine rings is 1. The lowest BCUT2D eigenvalue weighted by Crippen LogP contribution is -2.41. The standard InChI is InChI=1S/C11H20N2/c1-3-10(2)13-8-4-5-11(9-13)6-7-12/h1,10-11H,4-9,12H2,2H3. The van der Waals surface area contributed by atoms with E-state index in [2.05, 4.69) is 17.7 Å². The highest BCUT2D eigenvalue weighted by atomic mass is 15.2. The number of likely N-dealkylation sites (tertiary alicyclic amines) is 1. The molecule has 0 saturated carbocycles. The predicted octanol–water partition coefficient (Wildman–Crippen LogP) is 1.07. The van der Waals surface area contributed by atoms with Crippen LogP contribution in [0.5, 0.6) is 0 Å². The average Bonchev–Trinajstić information content (AvgIpc) is 2.18. The van der Waals surface area contributed by atoms with Crippen molar-refractivity contribution in [1.82, 2.24) is 4.90 Å². The van der Waals surface area contributed by atoms with E-state index in [4.69, 9.17) is 12.2 Å². The molecule has 1 fully saturated rings. The molecule has 1 saturated heterocycles. The Morgan fingerprint density at radius 2 is 2.46 bits per heavy atom. The summed E-state index contributed by atoms with van der Waals surface area (Å²) in [6.45, 7) is 5.21. The van der Waals surface area contributed by atoms with E-state index in [1.807, 2.05) is 0 Å². The highest BCUT2D eigenvalue weighted by Gasteiger charge is 2.21. The fourth-order valence-corrected chi connectivity index (χ4v) is 2.03. The van der Waals surface area contributed by atoms with Gasteiger partial charge >= 0.3 is 0 Å². The van der Waals surface area contributed by atoms with Gasteiger partial charge in [-0.05, 0) is 45.2 Å². The summed E-state index contributed by atoms with van der Waals surface area (Å²) in [5.41, 5.74) is 5.55. The molecule has 0 aromatic heterocycles. The van der Waals surface area contributed by atoms with Crippen molar-refractivity contribution in [3.8, 4) is 12.3 Å². The largest absolute Gasteiger partial charge is 0.330 e. The Labute approximate surface area is 81.5 Å². The van der Waals surface area contributed by atoms with Crippen molar-refractivity contribution in [2.24, 2.45) is 11.7 Å². The Hall–Kier alpha value is -0.520. The molecule has 13 heavy (non-hydrogen) atoms. The van der Waals surface area contributed by atoms with Gasteiger partial charge in [-0.1, -0.05) is 5.92 Å². The Bertz CT molecular complexity index is 181. The Kier molecular flexibility index (Phi) is 4.27. The lowest BCUT2D eigenvalue weighted by molar-refractivity contribution is 0.152. The Morgan fingerprint density at radius 1 is 1.69 bits per heavy atom. The summed E-state index contributed by atoms with van der Waals surface area (Å²) in [5.74, 6) is 3.56. The van der Waals surface area contributed by atoms with Gasteiger partial charge in [0.2, 0.25) is 0 Å². The molecule has 0 radical (unpaired) electrons. The summed E-state index contributed by atoms with van der Waals surface area (Å²) < 4.78 is 0. The minimum absolute atomic E-state index is 0.292. The van der Waals surface area contributed by atoms with Crippen LogP contribution in [0, 0.1) is 18.3 Å². The first kappa shape index (κ1) is 10.6. The third kappa shape index (κ3) is 3.02. The van der Waals surface area contributed by atoms with Crippen LogP contribution in [0.1, 0.15) is 26.2 Å². The predicted molar refractivity (Wildman–Crippen MR) is 56.3 cm³/mol. The molecule has 2 unspecified atom stereocenters. The molecule has 74 valence electrons. The number of hydrogen-bond acceptors (Lipinski definition) is 2. The third-order valence-corrected chi connectivity index (χ3v) is 2.91. The summed E-state index contributed by atoms with van der Waals surface area (Å²) >= 11 is 0. The number of hydrogen-bond donors (Lipinski definition) is 1. The molecule has 1 aliphatic rings. The van der Waals surface area contributed by atoms with Crippen LogP contribution >= 0.6 is 0 Å². The molecule has 0 spiro atoms. The summed E-state index contributed by atoms with van der Waals surface area (Å²) in [6, 6.07) is 0.292. The van der Waals surface area contributed by atoms with E-state index in [1.165, 1.54) is 12.8 Å². The topological polar surface area (TPSA) is 29.3 Å². The zero-order valence-electron chi connectivity index (χ0n) is 8.50. The third-order valence-electron chi connectivity index (χ3n) is 2.91. The maximum Gasteiger partial charge on any atom is 0.0683 e. The Morgan fingerprint density at radius 3 is 3.08 bits per heavy atom. The number of rotatable bonds is 3. The first-order chi connectivity index (χ1) is 6.27. The van der Waals surface area contributed by atoms with Gasteiger partial charge in [-0.25, -0.2) is 0 Å². The highest BCUT2D eigenvalue weighted by Crippen LogP contribution is 2.20. The summed E-state index contributed by atoms with van der Waals surface area (Å²) in [4.78, 5) is 2.39. The molecule has 1 rings (SSSR count). The van der Waals surface area contributed by atoms with E-state index >= 15 is 0 Å². The van der Waals surface area contributed by atoms with Gasteiger partial charge < -0.3 is 5.73 Å². The van der Waals surface area contributed by atoms with E-state index in [-0.39, 0.29) is 0 Å². The molecule has 0 aromatic carbocycles. The molecule has 0 aliphatic carbocycles. The minimum atomic E-state index is 0.292. The van der Waals surface area contributed by atoms with Crippen LogP contribution in [0.25, 0.3) is 0 Å². The van der Waals surface area contributed by atoms with E-state index in [0.29, 0.717) is 6.04 Å². The number of nitrogens with two attached hydrogens (primary N) is 1. The van der Waals surface area contributed by atoms with Crippen molar-refractivity contribution < 1.29 is 0 Å². The number of nitrogens with zero attached hydrogens (tertiary/aromatic N) is 1. The zero-order valence-corrected chi connectivity index (χ0v) is 8.50. The quantitative estimate of drug-likeness (QED) is 0.658. The van der Waals surface area contributed by atoms with Crippen molar-refractivity contribution >= 4 is 0 Å². The van der Waals surface area contributed by atoms with Crippen LogP contribution in [0.2, 0.25) is 0 Å². The van der Waals surface area contributed by atoms with Gasteiger partial charge in [-0.15, -0.1) is 6.42 Å². The van der Waals surface area contributed by atoms with Crippen LogP contribution < -0.4 is 5.73 Å². The molecule has 1 aliphatic heterocycles. The first-order valence-corrected chi connectivity index (χ1v) is 5.18. The zero-order chi connectivity index (χ0) is 9.68. The first-order valence-electron chi connectivity index (χ1n) is 5.18. The van der Waals surface area contributed by atoms with Crippen LogP contribution in [0.15, 0.2) is 0 Å². The van der Waals surface area contributed by atoms with Gasteiger partial charge in [0.15, 0.2) is 0 Å². The van der Waals surface area contributed by atoms with Crippen molar-refractivity contribution in [2.75, 3.05) is 19.6 Å². The van der Waals surface area contributed by atoms with Gasteiger partial charge in [-0.3, -0.25) is 4.90 Å². The summed E-state index contributed by atoms with van der Waals surface area (Å²) in [6.07, 6.45) is 9.15. The van der Waals surface area contributed by atoms with E-state index in [9.17, 15) is 0 Å². The monoisotopic (exact) mass is 180 g/mol. The van der Waals surface area contributed by atoms with E-state index in [1.54, 1.807) is 0 Å². The van der Waals surface area contributed by atoms with Crippen molar-refractivity contribution in [3.05, 3.63) is 0 Å². The molecule has 0 aromatic rings. The second kappa shape index (κ2) is 5.26. The minimum Gasteiger partial charge on any atom is -0.330 e. The van der Waals surface area contributed by atoms with Crippen LogP contribution in [-0.2, 0) is 0 Å². The van der Waals surface area contributed by atoms with Gasteiger partial charge in [0, 0.05) is 6.54 Å². The average molecular weight is 180 g/mol. The maximum atomic E-state index is 5.55. The molecule has 1 heterocycles. The van der Waals surface area contributed by atoms with Gasteiger partial charge in [0.05, 0.1) is 6.04 Å². The van der Waals surface area contributed by atoms with Gasteiger partial charge in [-0.2, -0.15) is 0 Å². The maximum absolute atomic E-state index is 5.55. The van der Waals surface area contributed by atoms with E-state index in [0.717, 1.165) is 32.0 Å². The smallest absolute Gasteiger partial charge is 0.0683 e. The fraction of sp³-hybridized carbons (Fsp3) is 0.818. The molecule has 2 atom stereocenters. The Balaban J connectivity index is 2.38. The molecule has 2 N–H and O–H groups in total. The van der Waals surface area contributed by atoms with Crippen molar-refractivity contribution in [1.29, 1.82) is 0 Å². The SMILES string of the molecule is C#CC(C)N1CCCC(CCN)C1. The van der Waals surface area contributed by atoms with Crippen molar-refractivity contribution in [2.45, 2.75) is 32.2 Å². The highest BCUT2D eigenvalue weighted by molar-refractivity contribution is 4.98. The molecule has 2 nitrogen and oxygen atoms in total. The lowest BCUT2D eigenvalue weighted by Gasteiger charge is -2.34. The molecular weight excluding hydrogens is 160 g/mol. The van der Waals surface area contributed by atoms with Crippen molar-refractivity contribution in [3.63, 3.8) is 0 Å². The van der Waals surface area contributed by atoms with Crippen LogP contribution in [0.4, 0.5) is 0 Å². The normalized spacial score (nSPS) is 26.7. The molecule has 0 amide bonds. The second-order valence-corrected chi connectivity index (χ2v) is 3.92. The molecule has 0 bridgehead atoms. The second-order valence-electron chi connectivity index (χ2n) is 3.92. The fourth-order valence-electron chi connectivity index (χ4n) is 2.03. The van der Waals surface area contributed by atoms with Gasteiger partial charge in [0.1, 0.15) is 0 Å². The summed E-state index contributed by atoms with van der Waals surface area (Å²) in [5, 5.41) is 0. The van der Waals surface area contributed by atoms with E-state index < -0.39 is 0 Å². The number of terminal acetylenes is 1. The summed E-state index contributed by atoms with van der Waals surface area (Å²) in [7, 11) is 0. The molecule has 2 heteroatoms. The van der Waals surface area contributed by atoms with Crippen LogP contribution in [0.3, 0.4) is 0 Å². The lowest BCUT2D eigenvalue weighted by atomic mass is 9.94. The van der Waals surface area contributed by atoms with Crippen LogP contribution in [-0.4, -0.2) is 30.6 Å².